The number of anilines is 1. The summed E-state index contributed by atoms with van der Waals surface area (Å²) in [5.41, 5.74) is 0. The van der Waals surface area contributed by atoms with Gasteiger partial charge >= 0.3 is 5.97 Å². The molecule has 0 aliphatic rings. The summed E-state index contributed by atoms with van der Waals surface area (Å²) in [6.45, 7) is -0.209. The van der Waals surface area contributed by atoms with Crippen LogP contribution in [0.25, 0.3) is 0 Å². The molecule has 0 radical (unpaired) electrons. The minimum Gasteiger partial charge on any atom is -0.480 e. The maximum absolute atomic E-state index is 9.95. The highest BCUT2D eigenvalue weighted by molar-refractivity contribution is 5.71. The van der Waals surface area contributed by atoms with E-state index < -0.39 is 5.97 Å². The van der Waals surface area contributed by atoms with Gasteiger partial charge in [0.1, 0.15) is 6.54 Å². The summed E-state index contributed by atoms with van der Waals surface area (Å²) in [4.78, 5) is 9.95. The number of nitrogens with one attached hydrogen (secondary N) is 2. The van der Waals surface area contributed by atoms with Crippen molar-refractivity contribution in [2.75, 3.05) is 11.9 Å². The van der Waals surface area contributed by atoms with Crippen molar-refractivity contribution in [3.63, 3.8) is 0 Å². The van der Waals surface area contributed by atoms with Crippen LogP contribution >= 0.6 is 0 Å². The quantitative estimate of drug-likeness (QED) is 0.485. The third-order valence-corrected chi connectivity index (χ3v) is 0.743. The summed E-state index contributed by atoms with van der Waals surface area (Å²) >= 11 is 0. The molecule has 0 spiro atoms. The highest BCUT2D eigenvalue weighted by Gasteiger charge is 1.98. The van der Waals surface area contributed by atoms with E-state index in [1.165, 1.54) is 0 Å². The van der Waals surface area contributed by atoms with E-state index in [2.05, 4.69) is 25.9 Å². The van der Waals surface area contributed by atoms with E-state index >= 15 is 0 Å². The minimum absolute atomic E-state index is 0.183. The molecule has 3 N–H and O–H groups in total. The molecule has 0 fully saturated rings. The van der Waals surface area contributed by atoms with Crippen LogP contribution < -0.4 is 5.32 Å². The van der Waals surface area contributed by atoms with Crippen molar-refractivity contribution in [3.05, 3.63) is 0 Å². The molecular weight excluding hydrogens is 138 g/mol. The lowest BCUT2D eigenvalue weighted by molar-refractivity contribution is -0.134. The SMILES string of the molecule is O=C(O)CNc1nn[nH]n1. The Balaban J connectivity index is 2.35. The van der Waals surface area contributed by atoms with E-state index in [-0.39, 0.29) is 12.5 Å². The van der Waals surface area contributed by atoms with E-state index in [0.29, 0.717) is 0 Å². The van der Waals surface area contributed by atoms with Crippen LogP contribution in [0.5, 0.6) is 0 Å². The zero-order chi connectivity index (χ0) is 7.40. The highest BCUT2D eigenvalue weighted by Crippen LogP contribution is 1.86. The van der Waals surface area contributed by atoms with Gasteiger partial charge in [0.2, 0.25) is 0 Å². The molecule has 7 heteroatoms. The Kier molecular flexibility index (Phi) is 1.78. The van der Waals surface area contributed by atoms with Crippen LogP contribution in [0, 0.1) is 0 Å². The lowest BCUT2D eigenvalue weighted by Gasteiger charge is -1.91. The number of aromatic nitrogens is 4. The summed E-state index contributed by atoms with van der Waals surface area (Å²) in [5.74, 6) is -0.785. The van der Waals surface area contributed by atoms with Gasteiger partial charge in [-0.1, -0.05) is 5.10 Å². The van der Waals surface area contributed by atoms with E-state index in [1.807, 2.05) is 0 Å². The van der Waals surface area contributed by atoms with E-state index in [4.69, 9.17) is 5.11 Å². The lowest BCUT2D eigenvalue weighted by Crippen LogP contribution is -2.13. The second kappa shape index (κ2) is 2.76. The first-order valence-electron chi connectivity index (χ1n) is 2.48. The number of H-pyrrole nitrogens is 1. The summed E-state index contributed by atoms with van der Waals surface area (Å²) in [6.07, 6.45) is 0. The van der Waals surface area contributed by atoms with Crippen LogP contribution in [0.3, 0.4) is 0 Å². The molecule has 0 bridgehead atoms. The molecule has 0 aromatic carbocycles. The number of carboxylic acids is 1. The van der Waals surface area contributed by atoms with Crippen molar-refractivity contribution in [1.82, 2.24) is 20.6 Å². The largest absolute Gasteiger partial charge is 0.480 e. The number of rotatable bonds is 3. The fraction of sp³-hybridized carbons (Fsp3) is 0.333. The molecule has 0 unspecified atom stereocenters. The molecule has 0 amide bonds. The van der Waals surface area contributed by atoms with Crippen molar-refractivity contribution < 1.29 is 9.90 Å². The Bertz CT molecular complexity index is 207. The molecule has 54 valence electrons. The predicted octanol–water partition coefficient (Wildman–Crippen LogP) is -1.30. The minimum atomic E-state index is -0.968. The molecule has 0 saturated heterocycles. The number of hydrogen-bond acceptors (Lipinski definition) is 5. The maximum Gasteiger partial charge on any atom is 0.322 e. The van der Waals surface area contributed by atoms with Crippen LogP contribution in [0.15, 0.2) is 0 Å². The fourth-order valence-corrected chi connectivity index (χ4v) is 0.391. The van der Waals surface area contributed by atoms with Crippen LogP contribution in [-0.2, 0) is 4.79 Å². The second-order valence-corrected chi connectivity index (χ2v) is 1.48. The van der Waals surface area contributed by atoms with Crippen molar-refractivity contribution >= 4 is 11.9 Å². The van der Waals surface area contributed by atoms with Gasteiger partial charge in [0.05, 0.1) is 0 Å². The summed E-state index contributed by atoms with van der Waals surface area (Å²) in [6, 6.07) is 0. The average Bonchev–Trinajstić information content (AvgIpc) is 2.34. The monoisotopic (exact) mass is 143 g/mol. The van der Waals surface area contributed by atoms with Crippen molar-refractivity contribution in [2.24, 2.45) is 0 Å². The standard InChI is InChI=1S/C3H5N5O2/c9-2(10)1-4-3-5-7-8-6-3/h1H2,(H,9,10)(H2,4,5,6,7,8). The first kappa shape index (κ1) is 6.46. The Morgan fingerprint density at radius 2 is 2.60 bits per heavy atom. The van der Waals surface area contributed by atoms with Crippen LogP contribution in [0.2, 0.25) is 0 Å². The molecule has 1 aromatic rings. The number of aliphatic carboxylic acids is 1. The van der Waals surface area contributed by atoms with Crippen LogP contribution in [0.4, 0.5) is 5.95 Å². The van der Waals surface area contributed by atoms with Gasteiger partial charge in [0.25, 0.3) is 5.95 Å². The van der Waals surface area contributed by atoms with Gasteiger partial charge in [-0.2, -0.15) is 5.21 Å². The molecule has 0 saturated carbocycles. The number of hydrogen-bond donors (Lipinski definition) is 3. The smallest absolute Gasteiger partial charge is 0.322 e. The summed E-state index contributed by atoms with van der Waals surface area (Å²) < 4.78 is 0. The zero-order valence-corrected chi connectivity index (χ0v) is 4.90. The highest BCUT2D eigenvalue weighted by atomic mass is 16.4. The van der Waals surface area contributed by atoms with Crippen molar-refractivity contribution in [2.45, 2.75) is 0 Å². The number of carboxylic acid groups (broad SMARTS) is 1. The van der Waals surface area contributed by atoms with Gasteiger partial charge < -0.3 is 10.4 Å². The predicted molar refractivity (Wildman–Crippen MR) is 30.3 cm³/mol. The van der Waals surface area contributed by atoms with Gasteiger partial charge in [-0.25, -0.2) is 0 Å². The van der Waals surface area contributed by atoms with Crippen molar-refractivity contribution in [3.8, 4) is 0 Å². The van der Waals surface area contributed by atoms with E-state index in [9.17, 15) is 4.79 Å². The number of aromatic amines is 1. The molecule has 1 heterocycles. The van der Waals surface area contributed by atoms with Crippen LogP contribution in [0.1, 0.15) is 0 Å². The van der Waals surface area contributed by atoms with Gasteiger partial charge in [-0.15, -0.1) is 5.10 Å². The Morgan fingerprint density at radius 1 is 1.80 bits per heavy atom. The average molecular weight is 143 g/mol. The van der Waals surface area contributed by atoms with Crippen molar-refractivity contribution in [1.29, 1.82) is 0 Å². The van der Waals surface area contributed by atoms with Gasteiger partial charge in [0, 0.05) is 0 Å². The van der Waals surface area contributed by atoms with E-state index in [1.54, 1.807) is 0 Å². The maximum atomic E-state index is 9.95. The number of carbonyl (C=O) groups is 1. The lowest BCUT2D eigenvalue weighted by atomic mass is 10.7. The molecule has 0 aliphatic carbocycles. The molecule has 0 aliphatic heterocycles. The fourth-order valence-electron chi connectivity index (χ4n) is 0.391. The Morgan fingerprint density at radius 3 is 3.10 bits per heavy atom. The first-order chi connectivity index (χ1) is 4.79. The van der Waals surface area contributed by atoms with Crippen LogP contribution in [-0.4, -0.2) is 38.2 Å². The molecule has 7 nitrogen and oxygen atoms in total. The second-order valence-electron chi connectivity index (χ2n) is 1.48. The normalized spacial score (nSPS) is 9.20. The van der Waals surface area contributed by atoms with E-state index in [0.717, 1.165) is 0 Å². The zero-order valence-electron chi connectivity index (χ0n) is 4.90. The number of tetrazole rings is 1. The van der Waals surface area contributed by atoms with Gasteiger partial charge in [-0.3, -0.25) is 4.79 Å². The molecule has 0 atom stereocenters. The third kappa shape index (κ3) is 1.69. The Labute approximate surface area is 55.4 Å². The summed E-state index contributed by atoms with van der Waals surface area (Å²) in [7, 11) is 0. The molecule has 1 aromatic heterocycles. The molecular formula is C3H5N5O2. The Hall–Kier alpha value is -1.66. The van der Waals surface area contributed by atoms with Gasteiger partial charge in [0.15, 0.2) is 0 Å². The summed E-state index contributed by atoms with van der Waals surface area (Å²) in [5, 5.41) is 22.9. The van der Waals surface area contributed by atoms with Gasteiger partial charge in [-0.05, 0) is 5.21 Å². The third-order valence-electron chi connectivity index (χ3n) is 0.743. The molecule has 1 rings (SSSR count). The molecule has 10 heavy (non-hydrogen) atoms. The topological polar surface area (TPSA) is 104 Å². The first-order valence-corrected chi connectivity index (χ1v) is 2.48. The number of nitrogens with zero attached hydrogens (tertiary/aromatic N) is 3.